The molecule has 1 amide bonds. The van der Waals surface area contributed by atoms with Gasteiger partial charge in [-0.25, -0.2) is 0 Å². The van der Waals surface area contributed by atoms with E-state index in [1.165, 1.54) is 5.56 Å². The Labute approximate surface area is 171 Å². The van der Waals surface area contributed by atoms with Crippen molar-refractivity contribution in [3.63, 3.8) is 0 Å². The van der Waals surface area contributed by atoms with E-state index in [0.717, 1.165) is 24.8 Å². The topological polar surface area (TPSA) is 72.2 Å². The van der Waals surface area contributed by atoms with Crippen molar-refractivity contribution in [1.82, 2.24) is 5.32 Å². The Morgan fingerprint density at radius 1 is 1.18 bits per heavy atom. The van der Waals surface area contributed by atoms with Crippen molar-refractivity contribution in [2.75, 3.05) is 5.73 Å². The lowest BCUT2D eigenvalue weighted by Crippen LogP contribution is -2.41. The van der Waals surface area contributed by atoms with Crippen molar-refractivity contribution in [2.24, 2.45) is 5.92 Å². The lowest BCUT2D eigenvalue weighted by atomic mass is 9.96. The zero-order valence-electron chi connectivity index (χ0n) is 16.2. The highest BCUT2D eigenvalue weighted by Gasteiger charge is 2.31. The summed E-state index contributed by atoms with van der Waals surface area (Å²) in [5, 5.41) is 3.51. The second-order valence-electron chi connectivity index (χ2n) is 7.66. The van der Waals surface area contributed by atoms with E-state index < -0.39 is 6.04 Å². The number of halogens is 1. The van der Waals surface area contributed by atoms with Gasteiger partial charge in [0.05, 0.1) is 6.04 Å². The molecule has 0 saturated heterocycles. The van der Waals surface area contributed by atoms with Gasteiger partial charge in [-0.15, -0.1) is 0 Å². The van der Waals surface area contributed by atoms with Gasteiger partial charge in [-0.3, -0.25) is 9.59 Å². The minimum atomic E-state index is -0.497. The molecule has 1 aliphatic rings. The number of carbonyl (C=O) groups is 2. The molecule has 0 aromatic heterocycles. The Morgan fingerprint density at radius 2 is 1.93 bits per heavy atom. The van der Waals surface area contributed by atoms with Gasteiger partial charge in [0.25, 0.3) is 0 Å². The molecule has 1 saturated carbocycles. The summed E-state index contributed by atoms with van der Waals surface area (Å²) in [6, 6.07) is 15.1. The van der Waals surface area contributed by atoms with Gasteiger partial charge in [-0.2, -0.15) is 0 Å². The van der Waals surface area contributed by atoms with Crippen LogP contribution in [-0.4, -0.2) is 17.7 Å². The lowest BCUT2D eigenvalue weighted by Gasteiger charge is -2.17. The Balaban J connectivity index is 1.48. The van der Waals surface area contributed by atoms with Crippen LogP contribution in [0.5, 0.6) is 0 Å². The fraction of sp³-hybridized carbons (Fsp3) is 0.391. The Hall–Kier alpha value is -2.33. The smallest absolute Gasteiger partial charge is 0.223 e. The van der Waals surface area contributed by atoms with E-state index in [4.69, 9.17) is 17.3 Å². The van der Waals surface area contributed by atoms with Crippen LogP contribution in [0.1, 0.15) is 49.7 Å². The summed E-state index contributed by atoms with van der Waals surface area (Å²) in [5.41, 5.74) is 8.72. The maximum atomic E-state index is 12.6. The van der Waals surface area contributed by atoms with Crippen molar-refractivity contribution in [3.8, 4) is 0 Å². The molecule has 0 unspecified atom stereocenters. The molecule has 4 nitrogen and oxygen atoms in total. The van der Waals surface area contributed by atoms with E-state index in [1.807, 2.05) is 18.2 Å². The van der Waals surface area contributed by atoms with Gasteiger partial charge >= 0.3 is 0 Å². The fourth-order valence-corrected chi connectivity index (χ4v) is 4.12. The molecule has 3 rings (SSSR count). The fourth-order valence-electron chi connectivity index (χ4n) is 3.92. The second kappa shape index (κ2) is 9.24. The minimum Gasteiger partial charge on any atom is -0.399 e. The van der Waals surface area contributed by atoms with Crippen LogP contribution in [0.25, 0.3) is 0 Å². The first-order chi connectivity index (χ1) is 13.4. The summed E-state index contributed by atoms with van der Waals surface area (Å²) in [6.45, 7) is 1.76. The number of amides is 1. The van der Waals surface area contributed by atoms with E-state index in [9.17, 15) is 9.59 Å². The minimum absolute atomic E-state index is 0.00494. The van der Waals surface area contributed by atoms with Crippen molar-refractivity contribution in [1.29, 1.82) is 0 Å². The number of benzene rings is 2. The molecule has 2 aromatic rings. The maximum Gasteiger partial charge on any atom is 0.223 e. The molecule has 0 spiro atoms. The van der Waals surface area contributed by atoms with Crippen molar-refractivity contribution < 1.29 is 9.59 Å². The van der Waals surface area contributed by atoms with Gasteiger partial charge in [0, 0.05) is 23.0 Å². The number of hydrogen-bond acceptors (Lipinski definition) is 3. The molecular formula is C23H27ClN2O2. The number of nitrogen functional groups attached to an aromatic ring is 1. The summed E-state index contributed by atoms with van der Waals surface area (Å²) < 4.78 is 0. The molecule has 1 aliphatic carbocycles. The number of aryl methyl sites for hydroxylation is 1. The second-order valence-corrected chi connectivity index (χ2v) is 8.09. The van der Waals surface area contributed by atoms with Crippen LogP contribution in [0.3, 0.4) is 0 Å². The maximum absolute atomic E-state index is 12.6. The van der Waals surface area contributed by atoms with Crippen molar-refractivity contribution in [2.45, 2.75) is 51.0 Å². The number of nitrogens with two attached hydrogens (primary N) is 1. The van der Waals surface area contributed by atoms with E-state index in [2.05, 4.69) is 17.4 Å². The van der Waals surface area contributed by atoms with Gasteiger partial charge < -0.3 is 11.1 Å². The SMILES string of the molecule is C[C@H](NC(=O)[C@@H]1CC[C@@H](c2ccccc2)C1)C(=O)CCc1cc(Cl)ccc1N. The van der Waals surface area contributed by atoms with Crippen LogP contribution in [0.15, 0.2) is 48.5 Å². The number of nitrogens with one attached hydrogen (secondary N) is 1. The van der Waals surface area contributed by atoms with Crippen LogP contribution in [0.4, 0.5) is 5.69 Å². The number of Topliss-reactive ketones (excluding diaryl/α,β-unsaturated/α-hetero) is 1. The summed E-state index contributed by atoms with van der Waals surface area (Å²) in [7, 11) is 0. The van der Waals surface area contributed by atoms with E-state index in [-0.39, 0.29) is 17.6 Å². The highest BCUT2D eigenvalue weighted by molar-refractivity contribution is 6.30. The van der Waals surface area contributed by atoms with Crippen molar-refractivity contribution >= 4 is 29.0 Å². The van der Waals surface area contributed by atoms with E-state index in [0.29, 0.717) is 29.5 Å². The number of anilines is 1. The molecule has 3 N–H and O–H groups in total. The largest absolute Gasteiger partial charge is 0.399 e. The molecule has 3 atom stereocenters. The normalized spacial score (nSPS) is 19.9. The standard InChI is InChI=1S/C23H27ClN2O2/c1-15(22(27)12-9-18-14-20(24)10-11-21(18)25)26-23(28)19-8-7-17(13-19)16-5-3-2-4-6-16/h2-6,10-11,14-15,17,19H,7-9,12-13,25H2,1H3,(H,26,28)/t15-,17+,19+/m0/s1. The Kier molecular flexibility index (Phi) is 6.74. The highest BCUT2D eigenvalue weighted by Crippen LogP contribution is 2.38. The van der Waals surface area contributed by atoms with Gasteiger partial charge in [-0.1, -0.05) is 41.9 Å². The zero-order chi connectivity index (χ0) is 20.1. The van der Waals surface area contributed by atoms with E-state index in [1.54, 1.807) is 25.1 Å². The van der Waals surface area contributed by atoms with Crippen LogP contribution >= 0.6 is 11.6 Å². The predicted molar refractivity (Wildman–Crippen MR) is 113 cm³/mol. The quantitative estimate of drug-likeness (QED) is 0.674. The molecular weight excluding hydrogens is 372 g/mol. The van der Waals surface area contributed by atoms with E-state index >= 15 is 0 Å². The average molecular weight is 399 g/mol. The third-order valence-electron chi connectivity index (χ3n) is 5.66. The van der Waals surface area contributed by atoms with Gasteiger partial charge in [0.15, 0.2) is 5.78 Å². The lowest BCUT2D eigenvalue weighted by molar-refractivity contribution is -0.129. The Bertz CT molecular complexity index is 838. The zero-order valence-corrected chi connectivity index (χ0v) is 16.9. The summed E-state index contributed by atoms with van der Waals surface area (Å²) in [5.74, 6) is 0.393. The van der Waals surface area contributed by atoms with Crippen LogP contribution in [0.2, 0.25) is 5.02 Å². The molecule has 0 bridgehead atoms. The molecule has 28 heavy (non-hydrogen) atoms. The first-order valence-electron chi connectivity index (χ1n) is 9.86. The van der Waals surface area contributed by atoms with Crippen molar-refractivity contribution in [3.05, 3.63) is 64.7 Å². The highest BCUT2D eigenvalue weighted by atomic mass is 35.5. The van der Waals surface area contributed by atoms with Crippen LogP contribution < -0.4 is 11.1 Å². The van der Waals surface area contributed by atoms with Crippen LogP contribution in [0, 0.1) is 5.92 Å². The predicted octanol–water partition coefficient (Wildman–Crippen LogP) is 4.51. The number of rotatable bonds is 7. The third-order valence-corrected chi connectivity index (χ3v) is 5.90. The summed E-state index contributed by atoms with van der Waals surface area (Å²) in [4.78, 5) is 25.1. The first-order valence-corrected chi connectivity index (χ1v) is 10.2. The van der Waals surface area contributed by atoms with Gasteiger partial charge in [0.1, 0.15) is 0 Å². The third kappa shape index (κ3) is 5.14. The van der Waals surface area contributed by atoms with Gasteiger partial charge in [-0.05, 0) is 67.9 Å². The molecule has 2 aromatic carbocycles. The number of hydrogen-bond donors (Lipinski definition) is 2. The molecule has 0 heterocycles. The monoisotopic (exact) mass is 398 g/mol. The average Bonchev–Trinajstić information content (AvgIpc) is 3.19. The van der Waals surface area contributed by atoms with Crippen LogP contribution in [-0.2, 0) is 16.0 Å². The number of ketones is 1. The summed E-state index contributed by atoms with van der Waals surface area (Å²) >= 11 is 5.99. The molecule has 1 fully saturated rings. The molecule has 0 aliphatic heterocycles. The molecule has 148 valence electrons. The Morgan fingerprint density at radius 3 is 2.68 bits per heavy atom. The first kappa shape index (κ1) is 20.4. The number of carbonyl (C=O) groups excluding carboxylic acids is 2. The molecule has 0 radical (unpaired) electrons. The molecule has 5 heteroatoms. The summed E-state index contributed by atoms with van der Waals surface area (Å²) in [6.07, 6.45) is 3.56. The van der Waals surface area contributed by atoms with Gasteiger partial charge in [0.2, 0.25) is 5.91 Å².